The van der Waals surface area contributed by atoms with E-state index in [0.717, 1.165) is 31.5 Å². The highest BCUT2D eigenvalue weighted by molar-refractivity contribution is 5.78. The van der Waals surface area contributed by atoms with Crippen LogP contribution in [-0.2, 0) is 16.1 Å². The standard InChI is InChI=1S/C15H21N3O2/c1-17-7-4-15(5-8-17)12-18(14(19)11-20-15)10-13-3-2-6-16-9-13/h2-3,6,9H,4-5,7-8,10-12H2,1H3. The minimum absolute atomic E-state index is 0.0819. The Labute approximate surface area is 119 Å². The van der Waals surface area contributed by atoms with Crippen molar-refractivity contribution >= 4 is 5.91 Å². The maximum atomic E-state index is 12.1. The number of aromatic nitrogens is 1. The highest BCUT2D eigenvalue weighted by Crippen LogP contribution is 2.30. The lowest BCUT2D eigenvalue weighted by molar-refractivity contribution is -0.172. The van der Waals surface area contributed by atoms with Crippen molar-refractivity contribution in [2.75, 3.05) is 33.3 Å². The Morgan fingerprint density at radius 2 is 2.20 bits per heavy atom. The topological polar surface area (TPSA) is 45.7 Å². The molecule has 3 heterocycles. The quantitative estimate of drug-likeness (QED) is 0.804. The van der Waals surface area contributed by atoms with Gasteiger partial charge in [-0.05, 0) is 31.5 Å². The SMILES string of the molecule is CN1CCC2(CC1)CN(Cc1cccnc1)C(=O)CO2. The van der Waals surface area contributed by atoms with E-state index >= 15 is 0 Å². The smallest absolute Gasteiger partial charge is 0.248 e. The predicted molar refractivity (Wildman–Crippen MR) is 75.1 cm³/mol. The molecule has 5 nitrogen and oxygen atoms in total. The third-order valence-corrected chi connectivity index (χ3v) is 4.33. The Morgan fingerprint density at radius 1 is 1.40 bits per heavy atom. The van der Waals surface area contributed by atoms with Crippen LogP contribution in [0.3, 0.4) is 0 Å². The summed E-state index contributed by atoms with van der Waals surface area (Å²) in [4.78, 5) is 20.4. The van der Waals surface area contributed by atoms with E-state index in [1.54, 1.807) is 6.20 Å². The highest BCUT2D eigenvalue weighted by Gasteiger charge is 2.41. The van der Waals surface area contributed by atoms with Crippen molar-refractivity contribution in [2.45, 2.75) is 25.0 Å². The number of piperidine rings is 1. The van der Waals surface area contributed by atoms with Crippen LogP contribution >= 0.6 is 0 Å². The molecule has 0 bridgehead atoms. The predicted octanol–water partition coefficient (Wildman–Crippen LogP) is 0.905. The molecule has 2 aliphatic rings. The molecule has 108 valence electrons. The molecule has 0 N–H and O–H groups in total. The summed E-state index contributed by atoms with van der Waals surface area (Å²) in [6.45, 7) is 3.62. The summed E-state index contributed by atoms with van der Waals surface area (Å²) in [6.07, 6.45) is 5.58. The van der Waals surface area contributed by atoms with Crippen molar-refractivity contribution in [3.05, 3.63) is 30.1 Å². The highest BCUT2D eigenvalue weighted by atomic mass is 16.5. The van der Waals surface area contributed by atoms with Gasteiger partial charge in [0.2, 0.25) is 5.91 Å². The van der Waals surface area contributed by atoms with Gasteiger partial charge in [0, 0.05) is 32.0 Å². The number of likely N-dealkylation sites (tertiary alicyclic amines) is 1. The van der Waals surface area contributed by atoms with E-state index < -0.39 is 0 Å². The minimum Gasteiger partial charge on any atom is -0.363 e. The van der Waals surface area contributed by atoms with Crippen LogP contribution in [0.15, 0.2) is 24.5 Å². The fourth-order valence-corrected chi connectivity index (χ4v) is 2.97. The van der Waals surface area contributed by atoms with Crippen LogP contribution < -0.4 is 0 Å². The first kappa shape index (κ1) is 13.5. The van der Waals surface area contributed by atoms with Gasteiger partial charge in [-0.3, -0.25) is 9.78 Å². The van der Waals surface area contributed by atoms with Crippen LogP contribution in [0, 0.1) is 0 Å². The summed E-state index contributed by atoms with van der Waals surface area (Å²) in [6, 6.07) is 3.92. The number of amides is 1. The second-order valence-corrected chi connectivity index (χ2v) is 5.89. The van der Waals surface area contributed by atoms with E-state index in [2.05, 4.69) is 16.9 Å². The Morgan fingerprint density at radius 3 is 2.90 bits per heavy atom. The molecule has 20 heavy (non-hydrogen) atoms. The number of pyridine rings is 1. The van der Waals surface area contributed by atoms with Gasteiger partial charge in [-0.2, -0.15) is 0 Å². The second kappa shape index (κ2) is 5.50. The summed E-state index contributed by atoms with van der Waals surface area (Å²) >= 11 is 0. The molecule has 2 fully saturated rings. The van der Waals surface area contributed by atoms with Gasteiger partial charge in [-0.25, -0.2) is 0 Å². The molecule has 0 aliphatic carbocycles. The first-order valence-corrected chi connectivity index (χ1v) is 7.16. The van der Waals surface area contributed by atoms with Crippen LogP contribution in [0.4, 0.5) is 0 Å². The van der Waals surface area contributed by atoms with Crippen LogP contribution in [-0.4, -0.2) is 59.6 Å². The summed E-state index contributed by atoms with van der Waals surface area (Å²) < 4.78 is 5.90. The van der Waals surface area contributed by atoms with E-state index in [0.29, 0.717) is 13.1 Å². The number of carbonyl (C=O) groups excluding carboxylic acids is 1. The average Bonchev–Trinajstić information content (AvgIpc) is 2.48. The Bertz CT molecular complexity index is 469. The fraction of sp³-hybridized carbons (Fsp3) is 0.600. The largest absolute Gasteiger partial charge is 0.363 e. The Hall–Kier alpha value is -1.46. The molecule has 1 amide bonds. The molecule has 1 spiro atoms. The molecular weight excluding hydrogens is 254 g/mol. The van der Waals surface area contributed by atoms with Gasteiger partial charge in [0.1, 0.15) is 6.61 Å². The molecule has 0 unspecified atom stereocenters. The molecule has 3 rings (SSSR count). The lowest BCUT2D eigenvalue weighted by Crippen LogP contribution is -2.58. The molecule has 2 saturated heterocycles. The summed E-state index contributed by atoms with van der Waals surface area (Å²) in [5, 5.41) is 0. The molecule has 0 saturated carbocycles. The number of nitrogens with zero attached hydrogens (tertiary/aromatic N) is 3. The minimum atomic E-state index is -0.136. The molecule has 0 radical (unpaired) electrons. The first-order valence-electron chi connectivity index (χ1n) is 7.16. The maximum absolute atomic E-state index is 12.1. The van der Waals surface area contributed by atoms with Gasteiger partial charge in [0.15, 0.2) is 0 Å². The molecule has 1 aromatic rings. The van der Waals surface area contributed by atoms with Crippen molar-refractivity contribution in [3.63, 3.8) is 0 Å². The van der Waals surface area contributed by atoms with Crippen LogP contribution in [0.5, 0.6) is 0 Å². The van der Waals surface area contributed by atoms with Gasteiger partial charge in [0.05, 0.1) is 12.1 Å². The van der Waals surface area contributed by atoms with Crippen molar-refractivity contribution < 1.29 is 9.53 Å². The molecular formula is C15H21N3O2. The van der Waals surface area contributed by atoms with E-state index in [9.17, 15) is 4.79 Å². The van der Waals surface area contributed by atoms with Gasteiger partial charge in [-0.1, -0.05) is 6.07 Å². The van der Waals surface area contributed by atoms with Gasteiger partial charge < -0.3 is 14.5 Å². The number of morpholine rings is 1. The lowest BCUT2D eigenvalue weighted by Gasteiger charge is -2.46. The van der Waals surface area contributed by atoms with E-state index in [4.69, 9.17) is 4.74 Å². The number of ether oxygens (including phenoxy) is 1. The zero-order chi connectivity index (χ0) is 14.0. The van der Waals surface area contributed by atoms with E-state index in [1.807, 2.05) is 23.2 Å². The third kappa shape index (κ3) is 2.83. The second-order valence-electron chi connectivity index (χ2n) is 5.89. The molecule has 0 atom stereocenters. The fourth-order valence-electron chi connectivity index (χ4n) is 2.97. The Kier molecular flexibility index (Phi) is 3.72. The first-order chi connectivity index (χ1) is 9.67. The average molecular weight is 275 g/mol. The molecule has 2 aliphatic heterocycles. The normalized spacial score (nSPS) is 23.2. The van der Waals surface area contributed by atoms with Crippen molar-refractivity contribution in [3.8, 4) is 0 Å². The molecule has 1 aromatic heterocycles. The zero-order valence-corrected chi connectivity index (χ0v) is 11.9. The summed E-state index contributed by atoms with van der Waals surface area (Å²) in [7, 11) is 2.13. The van der Waals surface area contributed by atoms with Crippen molar-refractivity contribution in [1.82, 2.24) is 14.8 Å². The third-order valence-electron chi connectivity index (χ3n) is 4.33. The summed E-state index contributed by atoms with van der Waals surface area (Å²) in [5.41, 5.74) is 0.939. The van der Waals surface area contributed by atoms with Gasteiger partial charge in [-0.15, -0.1) is 0 Å². The van der Waals surface area contributed by atoms with Crippen LogP contribution in [0.25, 0.3) is 0 Å². The molecule has 5 heteroatoms. The van der Waals surface area contributed by atoms with Crippen molar-refractivity contribution in [2.24, 2.45) is 0 Å². The van der Waals surface area contributed by atoms with Crippen molar-refractivity contribution in [1.29, 1.82) is 0 Å². The van der Waals surface area contributed by atoms with Gasteiger partial charge in [0.25, 0.3) is 0 Å². The summed E-state index contributed by atoms with van der Waals surface area (Å²) in [5.74, 6) is 0.0819. The van der Waals surface area contributed by atoms with E-state index in [-0.39, 0.29) is 18.1 Å². The number of rotatable bonds is 2. The Balaban J connectivity index is 1.69. The van der Waals surface area contributed by atoms with E-state index in [1.165, 1.54) is 0 Å². The maximum Gasteiger partial charge on any atom is 0.248 e. The number of hydrogen-bond donors (Lipinski definition) is 0. The van der Waals surface area contributed by atoms with Crippen LogP contribution in [0.2, 0.25) is 0 Å². The molecule has 0 aromatic carbocycles. The van der Waals surface area contributed by atoms with Gasteiger partial charge >= 0.3 is 0 Å². The number of carbonyl (C=O) groups is 1. The van der Waals surface area contributed by atoms with Crippen LogP contribution in [0.1, 0.15) is 18.4 Å². The monoisotopic (exact) mass is 275 g/mol. The zero-order valence-electron chi connectivity index (χ0n) is 11.9. The number of hydrogen-bond acceptors (Lipinski definition) is 4. The lowest BCUT2D eigenvalue weighted by atomic mass is 9.89.